The van der Waals surface area contributed by atoms with Gasteiger partial charge in [0.2, 0.25) is 5.88 Å². The lowest BCUT2D eigenvalue weighted by Crippen LogP contribution is -2.34. The van der Waals surface area contributed by atoms with Gasteiger partial charge in [-0.15, -0.1) is 0 Å². The number of likely N-dealkylation sites (tertiary alicyclic amines) is 1. The van der Waals surface area contributed by atoms with Crippen molar-refractivity contribution in [3.05, 3.63) is 23.9 Å². The average molecular weight is 221 g/mol. The molecular weight excluding hydrogens is 202 g/mol. The van der Waals surface area contributed by atoms with Gasteiger partial charge in [0.1, 0.15) is 0 Å². The van der Waals surface area contributed by atoms with Crippen LogP contribution >= 0.6 is 0 Å². The van der Waals surface area contributed by atoms with Crippen LogP contribution in [0.2, 0.25) is 0 Å². The molecule has 0 amide bonds. The third kappa shape index (κ3) is 2.33. The fourth-order valence-electron chi connectivity index (χ4n) is 2.32. The summed E-state index contributed by atoms with van der Waals surface area (Å²) in [6.07, 6.45) is 4.20. The van der Waals surface area contributed by atoms with E-state index in [1.807, 2.05) is 6.07 Å². The molecule has 2 rings (SSSR count). The Kier molecular flexibility index (Phi) is 3.74. The molecule has 0 saturated carbocycles. The second kappa shape index (κ2) is 5.27. The minimum Gasteiger partial charge on any atom is -0.481 e. The van der Waals surface area contributed by atoms with Crippen molar-refractivity contribution in [3.8, 4) is 5.88 Å². The van der Waals surface area contributed by atoms with Gasteiger partial charge in [-0.1, -0.05) is 6.07 Å². The van der Waals surface area contributed by atoms with Gasteiger partial charge in [0.25, 0.3) is 0 Å². The van der Waals surface area contributed by atoms with E-state index >= 15 is 0 Å². The Morgan fingerprint density at radius 3 is 3.25 bits per heavy atom. The van der Waals surface area contributed by atoms with E-state index in [1.54, 1.807) is 13.3 Å². The number of rotatable bonds is 4. The van der Waals surface area contributed by atoms with Crippen molar-refractivity contribution in [2.75, 3.05) is 20.2 Å². The van der Waals surface area contributed by atoms with Gasteiger partial charge in [0, 0.05) is 30.9 Å². The summed E-state index contributed by atoms with van der Waals surface area (Å²) >= 11 is 0. The molecule has 4 nitrogen and oxygen atoms in total. The summed E-state index contributed by atoms with van der Waals surface area (Å²) in [5.74, 6) is 0.727. The number of ether oxygens (including phenoxy) is 1. The van der Waals surface area contributed by atoms with E-state index in [4.69, 9.17) is 10.5 Å². The third-order valence-corrected chi connectivity index (χ3v) is 3.19. The number of aromatic nitrogens is 1. The number of methoxy groups -OCH3 is 1. The molecule has 2 heterocycles. The molecule has 4 heteroatoms. The molecule has 16 heavy (non-hydrogen) atoms. The van der Waals surface area contributed by atoms with Crippen molar-refractivity contribution in [2.24, 2.45) is 5.73 Å². The summed E-state index contributed by atoms with van der Waals surface area (Å²) in [5, 5.41) is 0. The van der Waals surface area contributed by atoms with E-state index in [0.717, 1.165) is 31.1 Å². The predicted octanol–water partition coefficient (Wildman–Crippen LogP) is 1.01. The molecule has 1 aliphatic heterocycles. The standard InChI is InChI=1S/C12H19N3O/c1-16-12-10(4-2-6-14-12)9-15-7-3-5-11(15)8-13/h2,4,6,11H,3,5,7-9,13H2,1H3. The zero-order valence-corrected chi connectivity index (χ0v) is 9.72. The van der Waals surface area contributed by atoms with Gasteiger partial charge in [0.15, 0.2) is 0 Å². The lowest BCUT2D eigenvalue weighted by Gasteiger charge is -2.23. The maximum atomic E-state index is 5.76. The molecule has 0 aliphatic carbocycles. The van der Waals surface area contributed by atoms with Crippen molar-refractivity contribution in [3.63, 3.8) is 0 Å². The van der Waals surface area contributed by atoms with Gasteiger partial charge < -0.3 is 10.5 Å². The molecule has 0 spiro atoms. The quantitative estimate of drug-likeness (QED) is 0.824. The Balaban J connectivity index is 2.08. The molecule has 1 aromatic rings. The lowest BCUT2D eigenvalue weighted by molar-refractivity contribution is 0.245. The van der Waals surface area contributed by atoms with Gasteiger partial charge in [-0.2, -0.15) is 0 Å². The molecule has 0 radical (unpaired) electrons. The first-order valence-corrected chi connectivity index (χ1v) is 5.77. The van der Waals surface area contributed by atoms with E-state index in [0.29, 0.717) is 6.04 Å². The van der Waals surface area contributed by atoms with Gasteiger partial charge in [-0.25, -0.2) is 4.98 Å². The highest BCUT2D eigenvalue weighted by atomic mass is 16.5. The molecule has 1 aromatic heterocycles. The molecule has 1 saturated heterocycles. The summed E-state index contributed by atoms with van der Waals surface area (Å²) in [5.41, 5.74) is 6.90. The lowest BCUT2D eigenvalue weighted by atomic mass is 10.2. The fourth-order valence-corrected chi connectivity index (χ4v) is 2.32. The van der Waals surface area contributed by atoms with E-state index in [1.165, 1.54) is 12.8 Å². The van der Waals surface area contributed by atoms with Gasteiger partial charge >= 0.3 is 0 Å². The van der Waals surface area contributed by atoms with Crippen LogP contribution in [0.3, 0.4) is 0 Å². The topological polar surface area (TPSA) is 51.4 Å². The Bertz CT molecular complexity index is 343. The summed E-state index contributed by atoms with van der Waals surface area (Å²) in [4.78, 5) is 6.63. The normalized spacial score (nSPS) is 21.2. The highest BCUT2D eigenvalue weighted by Gasteiger charge is 2.23. The Morgan fingerprint density at radius 2 is 2.50 bits per heavy atom. The van der Waals surface area contributed by atoms with E-state index in [-0.39, 0.29) is 0 Å². The minimum absolute atomic E-state index is 0.518. The number of hydrogen-bond donors (Lipinski definition) is 1. The van der Waals surface area contributed by atoms with Crippen LogP contribution in [0.4, 0.5) is 0 Å². The predicted molar refractivity (Wildman–Crippen MR) is 63.3 cm³/mol. The monoisotopic (exact) mass is 221 g/mol. The van der Waals surface area contributed by atoms with Crippen molar-refractivity contribution >= 4 is 0 Å². The second-order valence-corrected chi connectivity index (χ2v) is 4.17. The van der Waals surface area contributed by atoms with Crippen LogP contribution in [0.15, 0.2) is 18.3 Å². The maximum absolute atomic E-state index is 5.76. The Morgan fingerprint density at radius 1 is 1.62 bits per heavy atom. The summed E-state index contributed by atoms with van der Waals surface area (Å²) in [6, 6.07) is 4.54. The molecule has 1 aliphatic rings. The molecule has 1 unspecified atom stereocenters. The third-order valence-electron chi connectivity index (χ3n) is 3.19. The molecule has 0 aromatic carbocycles. The zero-order chi connectivity index (χ0) is 11.4. The number of pyridine rings is 1. The number of nitrogens with two attached hydrogens (primary N) is 1. The van der Waals surface area contributed by atoms with Gasteiger partial charge in [-0.3, -0.25) is 4.90 Å². The average Bonchev–Trinajstić information content (AvgIpc) is 2.77. The van der Waals surface area contributed by atoms with Crippen molar-refractivity contribution in [1.82, 2.24) is 9.88 Å². The fraction of sp³-hybridized carbons (Fsp3) is 0.583. The molecule has 2 N–H and O–H groups in total. The minimum atomic E-state index is 0.518. The van der Waals surface area contributed by atoms with Crippen LogP contribution in [0.25, 0.3) is 0 Å². The van der Waals surface area contributed by atoms with Gasteiger partial charge in [0.05, 0.1) is 7.11 Å². The highest BCUT2D eigenvalue weighted by molar-refractivity contribution is 5.25. The number of nitrogens with zero attached hydrogens (tertiary/aromatic N) is 2. The highest BCUT2D eigenvalue weighted by Crippen LogP contribution is 2.22. The van der Waals surface area contributed by atoms with Crippen LogP contribution in [0.1, 0.15) is 18.4 Å². The zero-order valence-electron chi connectivity index (χ0n) is 9.72. The van der Waals surface area contributed by atoms with Crippen LogP contribution in [-0.2, 0) is 6.54 Å². The van der Waals surface area contributed by atoms with E-state index in [9.17, 15) is 0 Å². The first kappa shape index (κ1) is 11.4. The van der Waals surface area contributed by atoms with Crippen molar-refractivity contribution in [1.29, 1.82) is 0 Å². The first-order chi connectivity index (χ1) is 7.85. The summed E-state index contributed by atoms with van der Waals surface area (Å²) in [7, 11) is 1.66. The summed E-state index contributed by atoms with van der Waals surface area (Å²) < 4.78 is 5.26. The largest absolute Gasteiger partial charge is 0.481 e. The van der Waals surface area contributed by atoms with Crippen molar-refractivity contribution in [2.45, 2.75) is 25.4 Å². The smallest absolute Gasteiger partial charge is 0.217 e. The number of hydrogen-bond acceptors (Lipinski definition) is 4. The molecule has 0 bridgehead atoms. The molecule has 1 atom stereocenters. The van der Waals surface area contributed by atoms with E-state index < -0.39 is 0 Å². The van der Waals surface area contributed by atoms with Crippen LogP contribution in [-0.4, -0.2) is 36.1 Å². The van der Waals surface area contributed by atoms with Crippen LogP contribution < -0.4 is 10.5 Å². The Labute approximate surface area is 96.4 Å². The van der Waals surface area contributed by atoms with Crippen LogP contribution in [0.5, 0.6) is 5.88 Å². The SMILES string of the molecule is COc1ncccc1CN1CCCC1CN. The molecule has 1 fully saturated rings. The molecular formula is C12H19N3O. The summed E-state index contributed by atoms with van der Waals surface area (Å²) in [6.45, 7) is 2.75. The molecule has 88 valence electrons. The van der Waals surface area contributed by atoms with Gasteiger partial charge in [-0.05, 0) is 25.5 Å². The maximum Gasteiger partial charge on any atom is 0.217 e. The Hall–Kier alpha value is -1.13. The van der Waals surface area contributed by atoms with Crippen molar-refractivity contribution < 1.29 is 4.74 Å². The second-order valence-electron chi connectivity index (χ2n) is 4.17. The first-order valence-electron chi connectivity index (χ1n) is 5.77. The van der Waals surface area contributed by atoms with E-state index in [2.05, 4.69) is 16.0 Å². The van der Waals surface area contributed by atoms with Crippen LogP contribution in [0, 0.1) is 0 Å².